The molecule has 1 fully saturated rings. The van der Waals surface area contributed by atoms with Gasteiger partial charge in [-0.2, -0.15) is 0 Å². The first-order chi connectivity index (χ1) is 16.2. The molecule has 0 unspecified atom stereocenters. The van der Waals surface area contributed by atoms with E-state index in [-0.39, 0.29) is 24.0 Å². The number of nitrogens with two attached hydrogens (primary N) is 1. The summed E-state index contributed by atoms with van der Waals surface area (Å²) < 4.78 is 31.2. The van der Waals surface area contributed by atoms with Crippen LogP contribution >= 0.6 is 0 Å². The molecule has 0 saturated carbocycles. The Hall–Kier alpha value is -3.53. The van der Waals surface area contributed by atoms with Crippen molar-refractivity contribution in [2.75, 3.05) is 49.7 Å². The molecule has 1 amide bonds. The van der Waals surface area contributed by atoms with Crippen LogP contribution in [-0.4, -0.2) is 66.2 Å². The molecule has 3 heterocycles. The van der Waals surface area contributed by atoms with Crippen LogP contribution in [0.3, 0.4) is 0 Å². The first-order valence-corrected chi connectivity index (χ1v) is 11.2. The van der Waals surface area contributed by atoms with Crippen LogP contribution in [0.2, 0.25) is 0 Å². The number of aliphatic imine (C=N–C) groups is 1. The minimum Gasteiger partial charge on any atom is -0.397 e. The van der Waals surface area contributed by atoms with Gasteiger partial charge >= 0.3 is 0 Å². The minimum atomic E-state index is -0.768. The van der Waals surface area contributed by atoms with Crippen LogP contribution in [-0.2, 0) is 0 Å². The fourth-order valence-corrected chi connectivity index (χ4v) is 4.31. The Morgan fingerprint density at radius 2 is 2.12 bits per heavy atom. The van der Waals surface area contributed by atoms with E-state index >= 15 is 4.39 Å². The quantitative estimate of drug-likeness (QED) is 0.424. The standard InChI is InChI=1S/C24H29F2N7O.H2/c1-5-28-10-17-20(32-7-6-16(13-32)31(3)4)9-18(25)21(22(17)27)24(34)30-15-8-19(26)23-29-14(2)11-33(23)12-15;/h8-12,16H,5-7,13,27H2,1-4H3,(H,30,34);1H/t16-;/m1./s1. The van der Waals surface area contributed by atoms with Gasteiger partial charge in [0.1, 0.15) is 5.82 Å². The number of carbonyl (C=O) groups is 1. The number of anilines is 3. The number of amides is 1. The van der Waals surface area contributed by atoms with Crippen molar-refractivity contribution in [3.8, 4) is 0 Å². The fourth-order valence-electron chi connectivity index (χ4n) is 4.31. The lowest BCUT2D eigenvalue weighted by molar-refractivity contribution is 0.102. The van der Waals surface area contributed by atoms with Crippen LogP contribution in [0.1, 0.15) is 36.4 Å². The molecule has 2 aromatic heterocycles. The van der Waals surface area contributed by atoms with Gasteiger partial charge in [-0.15, -0.1) is 0 Å². The number of nitrogens with zero attached hydrogens (tertiary/aromatic N) is 5. The van der Waals surface area contributed by atoms with Gasteiger partial charge in [-0.05, 0) is 40.4 Å². The Morgan fingerprint density at radius 3 is 2.79 bits per heavy atom. The molecule has 0 radical (unpaired) electrons. The van der Waals surface area contributed by atoms with Gasteiger partial charge in [0.05, 0.1) is 28.3 Å². The molecule has 4 rings (SSSR count). The van der Waals surface area contributed by atoms with Gasteiger partial charge in [0.15, 0.2) is 11.5 Å². The molecule has 3 N–H and O–H groups in total. The van der Waals surface area contributed by atoms with Crippen LogP contribution in [0.25, 0.3) is 5.65 Å². The monoisotopic (exact) mass is 471 g/mol. The van der Waals surface area contributed by atoms with E-state index in [0.717, 1.165) is 19.0 Å². The SMILES string of the molecule is CCN=Cc1c(N2CC[C@@H](N(C)C)C2)cc(F)c(C(=O)Nc2cc(F)c3nc(C)cn3c2)c1N.[HH]. The topological polar surface area (TPSA) is 91.3 Å². The molecule has 1 aromatic carbocycles. The molecule has 182 valence electrons. The van der Waals surface area contributed by atoms with E-state index < -0.39 is 17.5 Å². The summed E-state index contributed by atoms with van der Waals surface area (Å²) >= 11 is 0. The second-order valence-electron chi connectivity index (χ2n) is 8.70. The van der Waals surface area contributed by atoms with E-state index in [2.05, 4.69) is 25.1 Å². The lowest BCUT2D eigenvalue weighted by atomic mass is 10.0. The molecular formula is C24H31F2N7O. The number of aromatic nitrogens is 2. The molecule has 8 nitrogen and oxygen atoms in total. The first-order valence-electron chi connectivity index (χ1n) is 11.2. The lowest BCUT2D eigenvalue weighted by Gasteiger charge is -2.25. The largest absolute Gasteiger partial charge is 0.397 e. The van der Waals surface area contributed by atoms with E-state index in [1.807, 2.05) is 21.0 Å². The summed E-state index contributed by atoms with van der Waals surface area (Å²) in [6.45, 7) is 5.59. The number of likely N-dealkylation sites (N-methyl/N-ethyl adjacent to an activating group) is 1. The summed E-state index contributed by atoms with van der Waals surface area (Å²) in [5, 5.41) is 2.56. The number of nitrogen functional groups attached to an aromatic ring is 1. The number of rotatable bonds is 6. The molecule has 1 atom stereocenters. The third-order valence-electron chi connectivity index (χ3n) is 6.09. The molecule has 1 aliphatic rings. The Kier molecular flexibility index (Phi) is 6.52. The molecule has 10 heteroatoms. The van der Waals surface area contributed by atoms with Crippen LogP contribution in [0.15, 0.2) is 29.5 Å². The van der Waals surface area contributed by atoms with Crippen molar-refractivity contribution in [3.05, 3.63) is 53.0 Å². The molecule has 0 bridgehead atoms. The third kappa shape index (κ3) is 4.45. The fraction of sp³-hybridized carbons (Fsp3) is 0.375. The number of benzene rings is 1. The van der Waals surface area contributed by atoms with Gasteiger partial charge in [0.25, 0.3) is 5.91 Å². The zero-order chi connectivity index (χ0) is 24.6. The van der Waals surface area contributed by atoms with Gasteiger partial charge in [-0.3, -0.25) is 9.79 Å². The van der Waals surface area contributed by atoms with Gasteiger partial charge in [-0.25, -0.2) is 13.8 Å². The van der Waals surface area contributed by atoms with Crippen molar-refractivity contribution in [2.45, 2.75) is 26.3 Å². The van der Waals surface area contributed by atoms with E-state index in [9.17, 15) is 9.18 Å². The number of fused-ring (bicyclic) bond motifs is 1. The minimum absolute atomic E-state index is 0. The molecule has 3 aromatic rings. The highest BCUT2D eigenvalue weighted by Crippen LogP contribution is 2.33. The predicted octanol–water partition coefficient (Wildman–Crippen LogP) is 3.58. The summed E-state index contributed by atoms with van der Waals surface area (Å²) in [4.78, 5) is 25.7. The number of imidazole rings is 1. The van der Waals surface area contributed by atoms with E-state index in [1.165, 1.54) is 16.7 Å². The molecular weight excluding hydrogens is 440 g/mol. The van der Waals surface area contributed by atoms with Crippen molar-refractivity contribution >= 4 is 34.8 Å². The second-order valence-corrected chi connectivity index (χ2v) is 8.70. The van der Waals surface area contributed by atoms with Crippen molar-refractivity contribution in [1.29, 1.82) is 0 Å². The van der Waals surface area contributed by atoms with E-state index in [1.54, 1.807) is 19.3 Å². The average molecular weight is 472 g/mol. The summed E-state index contributed by atoms with van der Waals surface area (Å²) in [5.41, 5.74) is 8.09. The third-order valence-corrected chi connectivity index (χ3v) is 6.09. The summed E-state index contributed by atoms with van der Waals surface area (Å²) in [7, 11) is 4.03. The zero-order valence-corrected chi connectivity index (χ0v) is 19.8. The Morgan fingerprint density at radius 1 is 1.35 bits per heavy atom. The number of nitrogens with one attached hydrogen (secondary N) is 1. The van der Waals surface area contributed by atoms with Crippen LogP contribution in [0.4, 0.5) is 25.8 Å². The number of aryl methyl sites for hydroxylation is 1. The zero-order valence-electron chi connectivity index (χ0n) is 19.8. The number of carbonyl (C=O) groups excluding carboxylic acids is 1. The molecule has 0 aliphatic carbocycles. The number of hydrogen-bond acceptors (Lipinski definition) is 6. The maximum absolute atomic E-state index is 15.3. The predicted molar refractivity (Wildman–Crippen MR) is 133 cm³/mol. The number of halogens is 2. The molecule has 1 saturated heterocycles. The number of pyridine rings is 1. The lowest BCUT2D eigenvalue weighted by Crippen LogP contribution is -2.32. The van der Waals surface area contributed by atoms with Gasteiger partial charge < -0.3 is 25.3 Å². The Labute approximate surface area is 198 Å². The van der Waals surface area contributed by atoms with Gasteiger partial charge in [0.2, 0.25) is 0 Å². The average Bonchev–Trinajstić information content (AvgIpc) is 3.39. The van der Waals surface area contributed by atoms with Gasteiger partial charge in [0, 0.05) is 57.3 Å². The summed E-state index contributed by atoms with van der Waals surface area (Å²) in [6.07, 6.45) is 5.67. The van der Waals surface area contributed by atoms with Crippen molar-refractivity contribution in [2.24, 2.45) is 4.99 Å². The molecule has 0 spiro atoms. The second kappa shape index (κ2) is 9.38. The van der Waals surface area contributed by atoms with Crippen LogP contribution in [0.5, 0.6) is 0 Å². The highest BCUT2D eigenvalue weighted by molar-refractivity contribution is 6.11. The highest BCUT2D eigenvalue weighted by atomic mass is 19.1. The highest BCUT2D eigenvalue weighted by Gasteiger charge is 2.29. The molecule has 34 heavy (non-hydrogen) atoms. The normalized spacial score (nSPS) is 16.3. The Bertz CT molecular complexity index is 1270. The van der Waals surface area contributed by atoms with Gasteiger partial charge in [-0.1, -0.05) is 0 Å². The smallest absolute Gasteiger partial charge is 0.260 e. The van der Waals surface area contributed by atoms with Crippen molar-refractivity contribution < 1.29 is 15.0 Å². The van der Waals surface area contributed by atoms with E-state index in [0.29, 0.717) is 36.1 Å². The van der Waals surface area contributed by atoms with Crippen molar-refractivity contribution in [3.63, 3.8) is 0 Å². The van der Waals surface area contributed by atoms with Crippen LogP contribution in [0, 0.1) is 18.6 Å². The number of hydrogen-bond donors (Lipinski definition) is 2. The van der Waals surface area contributed by atoms with Crippen LogP contribution < -0.4 is 16.0 Å². The summed E-state index contributed by atoms with van der Waals surface area (Å²) in [6, 6.07) is 2.82. The van der Waals surface area contributed by atoms with Crippen molar-refractivity contribution in [1.82, 2.24) is 14.3 Å². The summed E-state index contributed by atoms with van der Waals surface area (Å²) in [5.74, 6) is -2.11. The molecule has 1 aliphatic heterocycles. The maximum atomic E-state index is 15.3. The Balaban J connectivity index is 0.00000342. The van der Waals surface area contributed by atoms with E-state index in [4.69, 9.17) is 5.73 Å². The maximum Gasteiger partial charge on any atom is 0.260 e. The first kappa shape index (κ1) is 23.6.